The standard InChI is InChI=1S/C30H33Cl4O4P/c1-28(2,3)16-14-17(29(4,5)6)27(18(15-16)30(7,8)9)39(35-19-12-10-11-13-20(19)36-39)37-25-23(33)21(31)22(32)24(34)26(25)38-39/h10-15H,1-9H3. The molecule has 1 spiro atoms. The van der Waals surface area contributed by atoms with Crippen LogP contribution in [-0.4, -0.2) is 0 Å². The van der Waals surface area contributed by atoms with Gasteiger partial charge in [0.05, 0.1) is 0 Å². The molecule has 0 aliphatic carbocycles. The van der Waals surface area contributed by atoms with Crippen molar-refractivity contribution in [1.29, 1.82) is 0 Å². The molecule has 4 nitrogen and oxygen atoms in total. The van der Waals surface area contributed by atoms with E-state index < -0.39 is 7.51 Å². The molecule has 0 amide bonds. The van der Waals surface area contributed by atoms with Gasteiger partial charge in [0.15, 0.2) is 0 Å². The molecule has 3 aromatic carbocycles. The summed E-state index contributed by atoms with van der Waals surface area (Å²) in [6.07, 6.45) is 0. The fourth-order valence-electron chi connectivity index (χ4n) is 4.91. The number of rotatable bonds is 1. The van der Waals surface area contributed by atoms with E-state index in [1.54, 1.807) is 0 Å². The molecular formula is C30H33Cl4O4P. The van der Waals surface area contributed by atoms with Crippen molar-refractivity contribution >= 4 is 59.2 Å². The third-order valence-corrected chi connectivity index (χ3v) is 12.0. The fraction of sp³-hybridized carbons (Fsp3) is 0.400. The second-order valence-corrected chi connectivity index (χ2v) is 17.5. The predicted octanol–water partition coefficient (Wildman–Crippen LogP) is 11.0. The Morgan fingerprint density at radius 1 is 0.538 bits per heavy atom. The molecule has 0 N–H and O–H groups in total. The summed E-state index contributed by atoms with van der Waals surface area (Å²) in [5.74, 6) is 1.27. The van der Waals surface area contributed by atoms with Gasteiger partial charge in [0, 0.05) is 0 Å². The zero-order valence-corrected chi connectivity index (χ0v) is 27.5. The molecule has 3 aromatic rings. The molecule has 2 aliphatic rings. The van der Waals surface area contributed by atoms with Gasteiger partial charge in [0.1, 0.15) is 0 Å². The zero-order valence-electron chi connectivity index (χ0n) is 23.6. The maximum atomic E-state index is 6.86. The van der Waals surface area contributed by atoms with Crippen LogP contribution in [0.3, 0.4) is 0 Å². The Morgan fingerprint density at radius 2 is 0.923 bits per heavy atom. The minimum absolute atomic E-state index is 0.0659. The third kappa shape index (κ3) is 4.37. The monoisotopic (exact) mass is 628 g/mol. The Balaban J connectivity index is 1.97. The van der Waals surface area contributed by atoms with Crippen molar-refractivity contribution < 1.29 is 18.1 Å². The summed E-state index contributed by atoms with van der Waals surface area (Å²) in [5, 5.41) is 0.992. The molecule has 0 fully saturated rings. The number of benzene rings is 3. The van der Waals surface area contributed by atoms with E-state index in [1.165, 1.54) is 5.56 Å². The van der Waals surface area contributed by atoms with Crippen molar-refractivity contribution in [2.75, 3.05) is 0 Å². The molecule has 39 heavy (non-hydrogen) atoms. The molecule has 0 radical (unpaired) electrons. The fourth-order valence-corrected chi connectivity index (χ4v) is 10.0. The first-order chi connectivity index (χ1) is 17.8. The summed E-state index contributed by atoms with van der Waals surface area (Å²) >= 11 is 26.4. The summed E-state index contributed by atoms with van der Waals surface area (Å²) in [5.41, 5.74) is 2.27. The molecular weight excluding hydrogens is 597 g/mol. The number of halogens is 4. The SMILES string of the molecule is CC(C)(C)c1cc(C(C)(C)C)c(P23(Oc4ccccc4O2)Oc2c(Cl)c(Cl)c(Cl)c(Cl)c2O3)c(C(C)(C)C)c1. The van der Waals surface area contributed by atoms with Crippen molar-refractivity contribution in [2.24, 2.45) is 0 Å². The summed E-state index contributed by atoms with van der Waals surface area (Å²) in [4.78, 5) is 0. The Hall–Kier alpha value is -1.55. The van der Waals surface area contributed by atoms with Crippen LogP contribution in [0, 0.1) is 0 Å². The normalized spacial score (nSPS) is 18.2. The van der Waals surface area contributed by atoms with E-state index in [0.29, 0.717) is 16.8 Å². The summed E-state index contributed by atoms with van der Waals surface area (Å²) < 4.78 is 27.4. The first-order valence-electron chi connectivity index (χ1n) is 12.8. The van der Waals surface area contributed by atoms with Crippen LogP contribution in [0.25, 0.3) is 0 Å². The topological polar surface area (TPSA) is 36.9 Å². The van der Waals surface area contributed by atoms with Gasteiger partial charge in [-0.3, -0.25) is 0 Å². The van der Waals surface area contributed by atoms with E-state index in [1.807, 2.05) is 24.3 Å². The second-order valence-electron chi connectivity index (χ2n) is 13.2. The van der Waals surface area contributed by atoms with Crippen molar-refractivity contribution in [3.05, 3.63) is 73.2 Å². The van der Waals surface area contributed by atoms with Crippen LogP contribution in [0.5, 0.6) is 23.0 Å². The first-order valence-corrected chi connectivity index (χ1v) is 16.2. The molecule has 0 aromatic heterocycles. The number of hydrogen-bond acceptors (Lipinski definition) is 4. The molecule has 2 heterocycles. The van der Waals surface area contributed by atoms with Crippen LogP contribution in [0.4, 0.5) is 0 Å². The number of fused-ring (bicyclic) bond motifs is 2. The average molecular weight is 630 g/mol. The molecule has 2 aliphatic heterocycles. The molecule has 0 atom stereocenters. The van der Waals surface area contributed by atoms with Crippen molar-refractivity contribution in [3.63, 3.8) is 0 Å². The average Bonchev–Trinajstić information content (AvgIpc) is 3.35. The van der Waals surface area contributed by atoms with E-state index in [9.17, 15) is 0 Å². The Bertz CT molecular complexity index is 1430. The molecule has 0 saturated heterocycles. The summed E-state index contributed by atoms with van der Waals surface area (Å²) in [6.45, 7) is 19.5. The molecule has 0 bridgehead atoms. The van der Waals surface area contributed by atoms with Gasteiger partial charge in [0.2, 0.25) is 0 Å². The van der Waals surface area contributed by atoms with E-state index in [2.05, 4.69) is 74.4 Å². The van der Waals surface area contributed by atoms with Crippen LogP contribution >= 0.6 is 53.9 Å². The van der Waals surface area contributed by atoms with Gasteiger partial charge in [-0.2, -0.15) is 0 Å². The van der Waals surface area contributed by atoms with Gasteiger partial charge in [0.25, 0.3) is 0 Å². The Kier molecular flexibility index (Phi) is 6.48. The molecule has 5 rings (SSSR count). The number of para-hydroxylation sites is 2. The van der Waals surface area contributed by atoms with Crippen LogP contribution in [0.2, 0.25) is 20.1 Å². The van der Waals surface area contributed by atoms with Gasteiger partial charge in [-0.05, 0) is 0 Å². The van der Waals surface area contributed by atoms with Crippen molar-refractivity contribution in [1.82, 2.24) is 0 Å². The van der Waals surface area contributed by atoms with Gasteiger partial charge in [-0.25, -0.2) is 0 Å². The molecule has 0 saturated carbocycles. The van der Waals surface area contributed by atoms with Crippen LogP contribution in [0.15, 0.2) is 36.4 Å². The van der Waals surface area contributed by atoms with E-state index in [0.717, 1.165) is 11.1 Å². The van der Waals surface area contributed by atoms with Gasteiger partial charge in [-0.15, -0.1) is 0 Å². The van der Waals surface area contributed by atoms with Gasteiger partial charge in [-0.1, -0.05) is 0 Å². The molecule has 0 unspecified atom stereocenters. The molecule has 9 heteroatoms. The van der Waals surface area contributed by atoms with Crippen molar-refractivity contribution in [3.8, 4) is 23.0 Å². The van der Waals surface area contributed by atoms with Gasteiger partial charge < -0.3 is 0 Å². The van der Waals surface area contributed by atoms with Crippen molar-refractivity contribution in [2.45, 2.75) is 78.6 Å². The second kappa shape index (κ2) is 8.73. The Labute approximate surface area is 251 Å². The van der Waals surface area contributed by atoms with E-state index in [4.69, 9.17) is 64.5 Å². The zero-order chi connectivity index (χ0) is 28.9. The van der Waals surface area contributed by atoms with Crippen LogP contribution in [-0.2, 0) is 16.2 Å². The third-order valence-electron chi connectivity index (χ3n) is 7.00. The summed E-state index contributed by atoms with van der Waals surface area (Å²) in [6, 6.07) is 11.8. The van der Waals surface area contributed by atoms with Crippen LogP contribution in [0.1, 0.15) is 79.0 Å². The maximum absolute atomic E-state index is 6.86. The molecule has 210 valence electrons. The number of hydrogen-bond donors (Lipinski definition) is 0. The van der Waals surface area contributed by atoms with Crippen LogP contribution < -0.4 is 23.4 Å². The minimum atomic E-state index is -4.82. The quantitative estimate of drug-likeness (QED) is 0.152. The van der Waals surface area contributed by atoms with E-state index in [-0.39, 0.29) is 47.8 Å². The van der Waals surface area contributed by atoms with Gasteiger partial charge >= 0.3 is 252 Å². The first kappa shape index (κ1) is 29.0. The Morgan fingerprint density at radius 3 is 1.26 bits per heavy atom. The van der Waals surface area contributed by atoms with E-state index >= 15 is 0 Å². The summed E-state index contributed by atoms with van der Waals surface area (Å²) in [7, 11) is -4.82. The predicted molar refractivity (Wildman–Crippen MR) is 165 cm³/mol.